The molecule has 17 heteroatoms. The summed E-state index contributed by atoms with van der Waals surface area (Å²) < 4.78 is 5.36. The second-order valence-electron chi connectivity index (χ2n) is 11.9. The Morgan fingerprint density at radius 2 is 1.48 bits per heavy atom. The highest BCUT2D eigenvalue weighted by Crippen LogP contribution is 2.13. The number of nitrogens with one attached hydrogen (secondary N) is 5. The average Bonchev–Trinajstić information content (AvgIpc) is 3.04. The molecular formula is C31H52N9O8+. The Labute approximate surface area is 281 Å². The van der Waals surface area contributed by atoms with Gasteiger partial charge in [0.15, 0.2) is 6.54 Å². The highest BCUT2D eigenvalue weighted by molar-refractivity contribution is 5.98. The normalized spacial score (nSPS) is 11.9. The number of quaternary nitrogens is 1. The Balaban J connectivity index is 2.84. The molecule has 8 amide bonds. The van der Waals surface area contributed by atoms with Gasteiger partial charge in [0.1, 0.15) is 18.7 Å². The first kappa shape index (κ1) is 41.1. The summed E-state index contributed by atoms with van der Waals surface area (Å²) in [6.45, 7) is 7.48. The zero-order chi connectivity index (χ0) is 36.4. The molecule has 1 aromatic rings. The Hall–Kier alpha value is -4.93. The number of primary amides is 1. The van der Waals surface area contributed by atoms with E-state index in [9.17, 15) is 33.6 Å². The van der Waals surface area contributed by atoms with Crippen molar-refractivity contribution in [3.05, 3.63) is 29.8 Å². The highest BCUT2D eigenvalue weighted by atomic mass is 16.6. The van der Waals surface area contributed by atoms with Crippen LogP contribution in [0.25, 0.3) is 0 Å². The molecule has 0 saturated heterocycles. The number of nitrogens with zero attached hydrogens (tertiary/aromatic N) is 2. The van der Waals surface area contributed by atoms with E-state index in [-0.39, 0.29) is 50.4 Å². The van der Waals surface area contributed by atoms with Crippen LogP contribution in [0, 0.1) is 11.8 Å². The van der Waals surface area contributed by atoms with E-state index in [1.54, 1.807) is 71.0 Å². The van der Waals surface area contributed by atoms with Gasteiger partial charge in [-0.2, -0.15) is 0 Å². The van der Waals surface area contributed by atoms with Crippen molar-refractivity contribution in [3.63, 3.8) is 0 Å². The Kier molecular flexibility index (Phi) is 18.0. The lowest BCUT2D eigenvalue weighted by molar-refractivity contribution is -0.355. The Morgan fingerprint density at radius 3 is 2.04 bits per heavy atom. The number of carbonyl (C=O) groups excluding carboxylic acids is 7. The van der Waals surface area contributed by atoms with Crippen LogP contribution in [-0.4, -0.2) is 110 Å². The molecule has 0 spiro atoms. The van der Waals surface area contributed by atoms with E-state index in [4.69, 9.17) is 10.5 Å². The first-order valence-corrected chi connectivity index (χ1v) is 15.8. The third-order valence-corrected chi connectivity index (χ3v) is 7.08. The molecule has 2 atom stereocenters. The van der Waals surface area contributed by atoms with Crippen LogP contribution in [0.15, 0.2) is 24.3 Å². The van der Waals surface area contributed by atoms with Crippen molar-refractivity contribution in [3.8, 4) is 0 Å². The number of hydrogen-bond acceptors (Lipinski definition) is 8. The number of benzene rings is 1. The van der Waals surface area contributed by atoms with Crippen LogP contribution in [0.1, 0.15) is 46.1 Å². The molecule has 0 aromatic heterocycles. The summed E-state index contributed by atoms with van der Waals surface area (Å²) in [5, 5.41) is 12.8. The van der Waals surface area contributed by atoms with Crippen LogP contribution < -0.4 is 38.1 Å². The molecule has 0 radical (unpaired) electrons. The van der Waals surface area contributed by atoms with E-state index in [1.165, 1.54) is 4.90 Å². The zero-order valence-corrected chi connectivity index (χ0v) is 28.7. The molecule has 17 nitrogen and oxygen atoms in total. The fourth-order valence-corrected chi connectivity index (χ4v) is 4.19. The van der Waals surface area contributed by atoms with Gasteiger partial charge in [-0.05, 0) is 36.5 Å². The molecule has 0 heterocycles. The minimum atomic E-state index is -1.04. The van der Waals surface area contributed by atoms with Crippen molar-refractivity contribution in [2.24, 2.45) is 17.6 Å². The third-order valence-electron chi connectivity index (χ3n) is 7.08. The van der Waals surface area contributed by atoms with Gasteiger partial charge in [-0.3, -0.25) is 24.0 Å². The number of rotatable bonds is 19. The SMILES string of the molecule is CC(C)C(=O)N(C)CCN(C)C(=O)OCc1ccc(NC(=O)C(CCCNC(N)=O)NC(=O)C(NC(=O)CNC(=O)C[NH3+])C(C)C)cc1. The Bertz CT molecular complexity index is 1260. The second-order valence-corrected chi connectivity index (χ2v) is 11.9. The third kappa shape index (κ3) is 15.6. The van der Waals surface area contributed by atoms with Gasteiger partial charge in [0, 0.05) is 45.3 Å². The molecule has 1 rings (SSSR count). The van der Waals surface area contributed by atoms with Gasteiger partial charge in [-0.15, -0.1) is 0 Å². The van der Waals surface area contributed by atoms with Gasteiger partial charge in [0.25, 0.3) is 5.91 Å². The Morgan fingerprint density at radius 1 is 0.854 bits per heavy atom. The molecule has 1 aromatic carbocycles. The summed E-state index contributed by atoms with van der Waals surface area (Å²) in [7, 11) is 3.26. The molecule has 0 aliphatic carbocycles. The van der Waals surface area contributed by atoms with Crippen molar-refractivity contribution in [1.82, 2.24) is 31.1 Å². The van der Waals surface area contributed by atoms with E-state index >= 15 is 0 Å². The lowest BCUT2D eigenvalue weighted by Crippen LogP contribution is -2.59. The number of carbonyl (C=O) groups is 7. The van der Waals surface area contributed by atoms with Gasteiger partial charge in [-0.25, -0.2) is 9.59 Å². The number of nitrogens with two attached hydrogens (primary N) is 1. The number of hydrogen-bond donors (Lipinski definition) is 7. The monoisotopic (exact) mass is 678 g/mol. The molecule has 268 valence electrons. The maximum atomic E-state index is 13.3. The number of amides is 8. The van der Waals surface area contributed by atoms with Crippen LogP contribution >= 0.6 is 0 Å². The lowest BCUT2D eigenvalue weighted by Gasteiger charge is -2.25. The molecule has 10 N–H and O–H groups in total. The maximum Gasteiger partial charge on any atom is 0.409 e. The molecule has 0 bridgehead atoms. The van der Waals surface area contributed by atoms with Gasteiger partial charge in [0.05, 0.1) is 6.54 Å². The van der Waals surface area contributed by atoms with Gasteiger partial charge in [0.2, 0.25) is 23.6 Å². The average molecular weight is 679 g/mol. The lowest BCUT2D eigenvalue weighted by atomic mass is 10.0. The first-order chi connectivity index (χ1) is 22.5. The number of likely N-dealkylation sites (N-methyl/N-ethyl adjacent to an activating group) is 2. The van der Waals surface area contributed by atoms with Gasteiger partial charge < -0.3 is 52.6 Å². The zero-order valence-electron chi connectivity index (χ0n) is 28.7. The minimum absolute atomic E-state index is 0.0186. The molecular weight excluding hydrogens is 626 g/mol. The fourth-order valence-electron chi connectivity index (χ4n) is 4.19. The maximum absolute atomic E-state index is 13.3. The van der Waals surface area contributed by atoms with Crippen LogP contribution in [0.3, 0.4) is 0 Å². The van der Waals surface area contributed by atoms with Crippen LogP contribution in [0.5, 0.6) is 0 Å². The minimum Gasteiger partial charge on any atom is -0.445 e. The summed E-state index contributed by atoms with van der Waals surface area (Å²) in [6, 6.07) is 3.79. The molecule has 0 aliphatic rings. The summed E-state index contributed by atoms with van der Waals surface area (Å²) in [5.74, 6) is -2.66. The number of anilines is 1. The largest absolute Gasteiger partial charge is 0.445 e. The van der Waals surface area contributed by atoms with Crippen molar-refractivity contribution in [2.45, 2.75) is 59.2 Å². The highest BCUT2D eigenvalue weighted by Gasteiger charge is 2.29. The van der Waals surface area contributed by atoms with Crippen LogP contribution in [0.2, 0.25) is 0 Å². The van der Waals surface area contributed by atoms with Crippen LogP contribution in [-0.2, 0) is 35.3 Å². The topological polar surface area (TPSA) is 249 Å². The quantitative estimate of drug-likeness (QED) is 0.0868. The van der Waals surface area contributed by atoms with E-state index in [0.29, 0.717) is 30.8 Å². The van der Waals surface area contributed by atoms with Crippen molar-refractivity contribution >= 4 is 47.3 Å². The standard InChI is InChI=1S/C31H51N9O8/c1-19(2)26(38-25(42)17-35-24(41)16-32)28(44)37-23(8-7-13-34-30(33)46)27(43)36-22-11-9-21(10-12-22)18-48-31(47)40(6)15-14-39(5)29(45)20(3)4/h9-12,19-20,23,26H,7-8,13-18,32H2,1-6H3,(H,35,41)(H,36,43)(H,37,44)(H,38,42)(H3,33,34,46)/p+1. The molecule has 0 saturated carbocycles. The van der Waals surface area contributed by atoms with E-state index in [2.05, 4.69) is 32.3 Å². The van der Waals surface area contributed by atoms with E-state index in [0.717, 1.165) is 0 Å². The van der Waals surface area contributed by atoms with Crippen molar-refractivity contribution < 1.29 is 44.0 Å². The molecule has 0 aliphatic heterocycles. The summed E-state index contributed by atoms with van der Waals surface area (Å²) in [6.07, 6.45) is -0.111. The smallest absolute Gasteiger partial charge is 0.409 e. The van der Waals surface area contributed by atoms with Gasteiger partial charge >= 0.3 is 12.1 Å². The first-order valence-electron chi connectivity index (χ1n) is 15.8. The fraction of sp³-hybridized carbons (Fsp3) is 0.581. The van der Waals surface area contributed by atoms with Gasteiger partial charge in [-0.1, -0.05) is 39.8 Å². The number of ether oxygens (including phenoxy) is 1. The van der Waals surface area contributed by atoms with E-state index in [1.807, 2.05) is 0 Å². The predicted octanol–water partition coefficient (Wildman–Crippen LogP) is -1.26. The molecule has 0 fully saturated rings. The van der Waals surface area contributed by atoms with Crippen molar-refractivity contribution in [2.75, 3.05) is 52.1 Å². The summed E-state index contributed by atoms with van der Waals surface area (Å²) in [4.78, 5) is 88.8. The summed E-state index contributed by atoms with van der Waals surface area (Å²) in [5.41, 5.74) is 9.63. The van der Waals surface area contributed by atoms with E-state index < -0.39 is 47.8 Å². The van der Waals surface area contributed by atoms with Crippen molar-refractivity contribution in [1.29, 1.82) is 0 Å². The van der Waals surface area contributed by atoms with Crippen LogP contribution in [0.4, 0.5) is 15.3 Å². The summed E-state index contributed by atoms with van der Waals surface area (Å²) >= 11 is 0. The molecule has 48 heavy (non-hydrogen) atoms. The second kappa shape index (κ2) is 21.0. The number of urea groups is 1. The molecule has 2 unspecified atom stereocenters. The predicted molar refractivity (Wildman–Crippen MR) is 177 cm³/mol.